The summed E-state index contributed by atoms with van der Waals surface area (Å²) in [7, 11) is 0. The van der Waals surface area contributed by atoms with Crippen molar-refractivity contribution in [1.29, 1.82) is 0 Å². The highest BCUT2D eigenvalue weighted by molar-refractivity contribution is 4.84. The number of unbranched alkanes of at least 4 members (excludes halogenated alkanes) is 1. The molecule has 1 saturated heterocycles. The van der Waals surface area contributed by atoms with Crippen molar-refractivity contribution in [2.24, 2.45) is 5.92 Å². The molecule has 2 heteroatoms. The zero-order valence-electron chi connectivity index (χ0n) is 9.97. The van der Waals surface area contributed by atoms with Crippen LogP contribution in [0.3, 0.4) is 0 Å². The van der Waals surface area contributed by atoms with Gasteiger partial charge in [-0.25, -0.2) is 0 Å². The lowest BCUT2D eigenvalue weighted by molar-refractivity contribution is 0.172. The molecule has 86 valence electrons. The molecule has 15 heavy (non-hydrogen) atoms. The average molecular weight is 208 g/mol. The third kappa shape index (κ3) is 5.20. The van der Waals surface area contributed by atoms with Gasteiger partial charge in [-0.3, -0.25) is 0 Å². The molecule has 2 nitrogen and oxygen atoms in total. The van der Waals surface area contributed by atoms with Crippen molar-refractivity contribution < 1.29 is 0 Å². The van der Waals surface area contributed by atoms with E-state index in [1.807, 2.05) is 0 Å². The number of likely N-dealkylation sites (tertiary alicyclic amines) is 1. The van der Waals surface area contributed by atoms with Crippen molar-refractivity contribution in [3.63, 3.8) is 0 Å². The Bertz CT molecular complexity index is 195. The van der Waals surface area contributed by atoms with Gasteiger partial charge in [0.05, 0.1) is 0 Å². The Labute approximate surface area is 94.4 Å². The molecule has 1 fully saturated rings. The van der Waals surface area contributed by atoms with E-state index in [9.17, 15) is 0 Å². The molecule has 1 heterocycles. The molecule has 1 unspecified atom stereocenters. The maximum Gasteiger partial charge on any atom is 0.00982 e. The van der Waals surface area contributed by atoms with Crippen molar-refractivity contribution in [2.75, 3.05) is 32.7 Å². The molecule has 0 radical (unpaired) electrons. The van der Waals surface area contributed by atoms with Crippen LogP contribution in [0.2, 0.25) is 0 Å². The molecule has 1 N–H and O–H groups in total. The predicted molar refractivity (Wildman–Crippen MR) is 65.8 cm³/mol. The van der Waals surface area contributed by atoms with E-state index >= 15 is 0 Å². The van der Waals surface area contributed by atoms with Crippen LogP contribution in [0.1, 0.15) is 32.6 Å². The quantitative estimate of drug-likeness (QED) is 0.528. The molecule has 0 aliphatic carbocycles. The summed E-state index contributed by atoms with van der Waals surface area (Å²) < 4.78 is 0. The van der Waals surface area contributed by atoms with Gasteiger partial charge in [-0.2, -0.15) is 0 Å². The van der Waals surface area contributed by atoms with Crippen LogP contribution < -0.4 is 5.32 Å². The molecule has 1 rings (SSSR count). The van der Waals surface area contributed by atoms with Crippen LogP contribution >= 0.6 is 0 Å². The minimum Gasteiger partial charge on any atom is -0.317 e. The third-order valence-corrected chi connectivity index (χ3v) is 3.08. The largest absolute Gasteiger partial charge is 0.317 e. The molecule has 0 saturated carbocycles. The van der Waals surface area contributed by atoms with Gasteiger partial charge in [-0.15, -0.1) is 12.3 Å². The number of rotatable bonds is 6. The summed E-state index contributed by atoms with van der Waals surface area (Å²) in [5, 5.41) is 3.45. The third-order valence-electron chi connectivity index (χ3n) is 3.08. The van der Waals surface area contributed by atoms with Crippen molar-refractivity contribution >= 4 is 0 Å². The summed E-state index contributed by atoms with van der Waals surface area (Å²) in [6.07, 6.45) is 10.1. The summed E-state index contributed by atoms with van der Waals surface area (Å²) in [4.78, 5) is 2.57. The molecule has 1 aliphatic heterocycles. The Morgan fingerprint density at radius 2 is 2.40 bits per heavy atom. The van der Waals surface area contributed by atoms with E-state index in [1.165, 1.54) is 39.0 Å². The second-order valence-corrected chi connectivity index (χ2v) is 4.42. The minimum atomic E-state index is 0.851. The lowest BCUT2D eigenvalue weighted by Crippen LogP contribution is -2.40. The summed E-state index contributed by atoms with van der Waals surface area (Å²) in [5.74, 6) is 3.57. The summed E-state index contributed by atoms with van der Waals surface area (Å²) in [6, 6.07) is 0. The van der Waals surface area contributed by atoms with Crippen molar-refractivity contribution in [3.05, 3.63) is 0 Å². The number of piperidine rings is 1. The first-order valence-electron chi connectivity index (χ1n) is 6.23. The van der Waals surface area contributed by atoms with Crippen molar-refractivity contribution in [2.45, 2.75) is 32.6 Å². The first kappa shape index (κ1) is 12.5. The first-order valence-corrected chi connectivity index (χ1v) is 6.23. The molecule has 1 aliphatic rings. The number of hydrogen-bond donors (Lipinski definition) is 1. The average Bonchev–Trinajstić information content (AvgIpc) is 2.27. The van der Waals surface area contributed by atoms with E-state index in [1.54, 1.807) is 0 Å². The maximum absolute atomic E-state index is 5.26. The molecule has 0 bridgehead atoms. The molecule has 0 spiro atoms. The van der Waals surface area contributed by atoms with Gasteiger partial charge in [0.15, 0.2) is 0 Å². The fourth-order valence-electron chi connectivity index (χ4n) is 2.27. The van der Waals surface area contributed by atoms with Crippen LogP contribution in [0.5, 0.6) is 0 Å². The van der Waals surface area contributed by atoms with E-state index < -0.39 is 0 Å². The second-order valence-electron chi connectivity index (χ2n) is 4.42. The SMILES string of the molecule is C#CCCCN1CCCC(CNCC)C1. The van der Waals surface area contributed by atoms with Gasteiger partial charge in [0, 0.05) is 13.0 Å². The topological polar surface area (TPSA) is 15.3 Å². The fraction of sp³-hybridized carbons (Fsp3) is 0.846. The smallest absolute Gasteiger partial charge is 0.00982 e. The van der Waals surface area contributed by atoms with Gasteiger partial charge in [-0.1, -0.05) is 6.92 Å². The second kappa shape index (κ2) is 7.73. The number of terminal acetylenes is 1. The Balaban J connectivity index is 2.14. The van der Waals surface area contributed by atoms with E-state index in [4.69, 9.17) is 6.42 Å². The van der Waals surface area contributed by atoms with Gasteiger partial charge in [0.2, 0.25) is 0 Å². The molecular formula is C13H24N2. The first-order chi connectivity index (χ1) is 7.36. The van der Waals surface area contributed by atoms with Crippen LogP contribution in [0.25, 0.3) is 0 Å². The highest BCUT2D eigenvalue weighted by Gasteiger charge is 2.18. The molecule has 1 atom stereocenters. The van der Waals surface area contributed by atoms with Gasteiger partial charge in [-0.05, 0) is 51.4 Å². The van der Waals surface area contributed by atoms with Crippen LogP contribution in [-0.4, -0.2) is 37.6 Å². The van der Waals surface area contributed by atoms with Gasteiger partial charge >= 0.3 is 0 Å². The molecule has 0 aromatic heterocycles. The number of nitrogens with zero attached hydrogens (tertiary/aromatic N) is 1. The van der Waals surface area contributed by atoms with Gasteiger partial charge in [0.1, 0.15) is 0 Å². The molecule has 0 aromatic carbocycles. The summed E-state index contributed by atoms with van der Waals surface area (Å²) in [6.45, 7) is 8.17. The molecule has 0 aromatic rings. The standard InChI is InChI=1S/C13H24N2/c1-3-5-6-9-15-10-7-8-13(12-15)11-14-4-2/h1,13-14H,4-12H2,2H3. The molecule has 0 amide bonds. The molecular weight excluding hydrogens is 184 g/mol. The lowest BCUT2D eigenvalue weighted by atomic mass is 9.98. The Kier molecular flexibility index (Phi) is 6.47. The van der Waals surface area contributed by atoms with Gasteiger partial charge in [0.25, 0.3) is 0 Å². The minimum absolute atomic E-state index is 0.851. The van der Waals surface area contributed by atoms with Crippen molar-refractivity contribution in [3.8, 4) is 12.3 Å². The normalized spacial score (nSPS) is 22.5. The van der Waals surface area contributed by atoms with E-state index in [0.29, 0.717) is 0 Å². The van der Waals surface area contributed by atoms with E-state index in [2.05, 4.69) is 23.1 Å². The van der Waals surface area contributed by atoms with Crippen LogP contribution in [0, 0.1) is 18.3 Å². The summed E-state index contributed by atoms with van der Waals surface area (Å²) >= 11 is 0. The van der Waals surface area contributed by atoms with E-state index in [0.717, 1.165) is 25.3 Å². The van der Waals surface area contributed by atoms with Gasteiger partial charge < -0.3 is 10.2 Å². The van der Waals surface area contributed by atoms with Crippen molar-refractivity contribution in [1.82, 2.24) is 10.2 Å². The number of hydrogen-bond acceptors (Lipinski definition) is 2. The Morgan fingerprint density at radius 3 is 3.13 bits per heavy atom. The van der Waals surface area contributed by atoms with Crippen LogP contribution in [0.15, 0.2) is 0 Å². The Morgan fingerprint density at radius 1 is 1.53 bits per heavy atom. The monoisotopic (exact) mass is 208 g/mol. The van der Waals surface area contributed by atoms with E-state index in [-0.39, 0.29) is 0 Å². The summed E-state index contributed by atoms with van der Waals surface area (Å²) in [5.41, 5.74) is 0. The zero-order valence-corrected chi connectivity index (χ0v) is 9.97. The number of nitrogens with one attached hydrogen (secondary N) is 1. The maximum atomic E-state index is 5.26. The lowest BCUT2D eigenvalue weighted by Gasteiger charge is -2.32. The highest BCUT2D eigenvalue weighted by Crippen LogP contribution is 2.15. The van der Waals surface area contributed by atoms with Crippen LogP contribution in [0.4, 0.5) is 0 Å². The zero-order chi connectivity index (χ0) is 10.9. The van der Waals surface area contributed by atoms with Crippen LogP contribution in [-0.2, 0) is 0 Å². The highest BCUT2D eigenvalue weighted by atomic mass is 15.1. The Hall–Kier alpha value is -0.520. The fourth-order valence-corrected chi connectivity index (χ4v) is 2.27. The predicted octanol–water partition coefficient (Wildman–Crippen LogP) is 1.72.